The largest absolute Gasteiger partial charge is 0.325 e. The van der Waals surface area contributed by atoms with Gasteiger partial charge in [-0.05, 0) is 42.0 Å². The highest BCUT2D eigenvalue weighted by atomic mass is 35.5. The van der Waals surface area contributed by atoms with E-state index in [2.05, 4.69) is 15.0 Å². The number of rotatable bonds is 8. The van der Waals surface area contributed by atoms with Crippen molar-refractivity contribution in [3.05, 3.63) is 70.7 Å². The minimum Gasteiger partial charge on any atom is -0.325 e. The lowest BCUT2D eigenvalue weighted by Crippen LogP contribution is -2.24. The quantitative estimate of drug-likeness (QED) is 0.505. The molecule has 1 amide bonds. The van der Waals surface area contributed by atoms with E-state index in [1.165, 1.54) is 30.5 Å². The van der Waals surface area contributed by atoms with Crippen LogP contribution in [0.15, 0.2) is 65.0 Å². The van der Waals surface area contributed by atoms with Crippen molar-refractivity contribution in [3.8, 4) is 0 Å². The van der Waals surface area contributed by atoms with E-state index in [0.717, 1.165) is 11.3 Å². The summed E-state index contributed by atoms with van der Waals surface area (Å²) in [5.41, 5.74) is 0.796. The van der Waals surface area contributed by atoms with Gasteiger partial charge in [0.25, 0.3) is 10.0 Å². The molecule has 0 saturated carbocycles. The van der Waals surface area contributed by atoms with Crippen LogP contribution in [-0.2, 0) is 30.4 Å². The number of hydrogen-bond donors (Lipinski definition) is 2. The molecule has 0 spiro atoms. The number of benzene rings is 2. The first kappa shape index (κ1) is 22.2. The molecule has 2 aromatic carbocycles. The lowest BCUT2D eigenvalue weighted by molar-refractivity contribution is -0.113. The number of nitrogens with one attached hydrogen (secondary N) is 2. The molecule has 3 aromatic rings. The van der Waals surface area contributed by atoms with Crippen molar-refractivity contribution in [1.29, 1.82) is 0 Å². The van der Waals surface area contributed by atoms with Crippen LogP contribution in [0.2, 0.25) is 5.02 Å². The number of carbonyl (C=O) groups excluding carboxylic acids is 1. The Balaban J connectivity index is 1.60. The predicted octanol–water partition coefficient (Wildman–Crippen LogP) is 3.15. The van der Waals surface area contributed by atoms with Gasteiger partial charge in [0, 0.05) is 22.3 Å². The van der Waals surface area contributed by atoms with Crippen molar-refractivity contribution < 1.29 is 21.6 Å². The standard InChI is InChI=1S/C18H16ClN3O5S3/c19-14-3-1-13(2-4-14)11-29(24,25)12-17(23)21-15-5-7-16(8-6-15)30(26,27)22-18-20-9-10-28-18/h1-10H,11-12H2,(H,20,22)(H,21,23). The summed E-state index contributed by atoms with van der Waals surface area (Å²) < 4.78 is 51.4. The molecule has 2 N–H and O–H groups in total. The number of hydrogen-bond acceptors (Lipinski definition) is 7. The predicted molar refractivity (Wildman–Crippen MR) is 117 cm³/mol. The van der Waals surface area contributed by atoms with Gasteiger partial charge in [0.15, 0.2) is 15.0 Å². The molecular formula is C18H16ClN3O5S3. The van der Waals surface area contributed by atoms with Gasteiger partial charge >= 0.3 is 0 Å². The van der Waals surface area contributed by atoms with Gasteiger partial charge in [-0.25, -0.2) is 21.8 Å². The third-order valence-electron chi connectivity index (χ3n) is 3.75. The molecule has 0 atom stereocenters. The Hall–Kier alpha value is -2.47. The first-order chi connectivity index (χ1) is 14.1. The smallest absolute Gasteiger partial charge is 0.263 e. The average Bonchev–Trinajstić information content (AvgIpc) is 3.15. The molecule has 0 saturated heterocycles. The second-order valence-electron chi connectivity index (χ2n) is 6.17. The van der Waals surface area contributed by atoms with Crippen LogP contribution in [0.1, 0.15) is 5.56 Å². The average molecular weight is 486 g/mol. The zero-order chi connectivity index (χ0) is 21.8. The second-order valence-corrected chi connectivity index (χ2v) is 11.3. The Morgan fingerprint density at radius 2 is 1.67 bits per heavy atom. The highest BCUT2D eigenvalue weighted by molar-refractivity contribution is 7.93. The monoisotopic (exact) mass is 485 g/mol. The maximum atomic E-state index is 12.3. The summed E-state index contributed by atoms with van der Waals surface area (Å²) in [6.07, 6.45) is 1.47. The van der Waals surface area contributed by atoms with E-state index < -0.39 is 31.5 Å². The molecule has 158 valence electrons. The molecule has 0 bridgehead atoms. The molecule has 1 aromatic heterocycles. The number of sulfonamides is 1. The molecular weight excluding hydrogens is 470 g/mol. The zero-order valence-corrected chi connectivity index (χ0v) is 18.5. The highest BCUT2D eigenvalue weighted by Crippen LogP contribution is 2.20. The Bertz CT molecular complexity index is 1230. The minimum atomic E-state index is -3.82. The number of anilines is 2. The summed E-state index contributed by atoms with van der Waals surface area (Å²) in [6.45, 7) is 0. The Morgan fingerprint density at radius 3 is 2.27 bits per heavy atom. The van der Waals surface area contributed by atoms with E-state index >= 15 is 0 Å². The molecule has 0 aliphatic carbocycles. The molecule has 0 fully saturated rings. The fraction of sp³-hybridized carbons (Fsp3) is 0.111. The number of carbonyl (C=O) groups is 1. The van der Waals surface area contributed by atoms with Gasteiger partial charge < -0.3 is 5.32 Å². The van der Waals surface area contributed by atoms with Crippen molar-refractivity contribution in [2.45, 2.75) is 10.6 Å². The number of sulfone groups is 1. The molecule has 0 aliphatic heterocycles. The Kier molecular flexibility index (Phi) is 6.76. The number of thiazole rings is 1. The lowest BCUT2D eigenvalue weighted by Gasteiger charge is -2.09. The minimum absolute atomic E-state index is 0.0222. The number of nitrogens with zero attached hydrogens (tertiary/aromatic N) is 1. The maximum Gasteiger partial charge on any atom is 0.263 e. The highest BCUT2D eigenvalue weighted by Gasteiger charge is 2.19. The second kappa shape index (κ2) is 9.13. The third-order valence-corrected chi connectivity index (χ3v) is 7.65. The van der Waals surface area contributed by atoms with Crippen molar-refractivity contribution in [1.82, 2.24) is 4.98 Å². The van der Waals surface area contributed by atoms with Gasteiger partial charge in [-0.3, -0.25) is 9.52 Å². The number of amides is 1. The maximum absolute atomic E-state index is 12.3. The van der Waals surface area contributed by atoms with E-state index in [4.69, 9.17) is 11.6 Å². The molecule has 1 heterocycles. The van der Waals surface area contributed by atoms with E-state index in [1.807, 2.05) is 0 Å². The van der Waals surface area contributed by atoms with Crippen LogP contribution < -0.4 is 10.0 Å². The van der Waals surface area contributed by atoms with E-state index in [9.17, 15) is 21.6 Å². The van der Waals surface area contributed by atoms with Gasteiger partial charge in [-0.1, -0.05) is 23.7 Å². The van der Waals surface area contributed by atoms with Crippen LogP contribution in [0.25, 0.3) is 0 Å². The fourth-order valence-electron chi connectivity index (χ4n) is 2.45. The third kappa shape index (κ3) is 6.26. The fourth-order valence-corrected chi connectivity index (χ4v) is 5.64. The van der Waals surface area contributed by atoms with E-state index in [1.54, 1.807) is 29.6 Å². The Labute approximate surface area is 182 Å². The van der Waals surface area contributed by atoms with Crippen molar-refractivity contribution >= 4 is 59.5 Å². The van der Waals surface area contributed by atoms with Crippen LogP contribution in [0.5, 0.6) is 0 Å². The SMILES string of the molecule is O=C(CS(=O)(=O)Cc1ccc(Cl)cc1)Nc1ccc(S(=O)(=O)Nc2nccs2)cc1. The van der Waals surface area contributed by atoms with E-state index in [0.29, 0.717) is 10.6 Å². The summed E-state index contributed by atoms with van der Waals surface area (Å²) >= 11 is 6.91. The van der Waals surface area contributed by atoms with Crippen LogP contribution >= 0.6 is 22.9 Å². The zero-order valence-electron chi connectivity index (χ0n) is 15.3. The van der Waals surface area contributed by atoms with Gasteiger partial charge in [-0.2, -0.15) is 0 Å². The first-order valence-corrected chi connectivity index (χ1v) is 13.0. The normalized spacial score (nSPS) is 11.8. The van der Waals surface area contributed by atoms with Crippen molar-refractivity contribution in [2.75, 3.05) is 15.8 Å². The Morgan fingerprint density at radius 1 is 1.00 bits per heavy atom. The van der Waals surface area contributed by atoms with Crippen LogP contribution in [0.4, 0.5) is 10.8 Å². The molecule has 3 rings (SSSR count). The molecule has 0 aliphatic rings. The molecule has 12 heteroatoms. The van der Waals surface area contributed by atoms with Gasteiger partial charge in [0.1, 0.15) is 5.75 Å². The summed E-state index contributed by atoms with van der Waals surface area (Å²) in [4.78, 5) is 16.0. The molecule has 8 nitrogen and oxygen atoms in total. The molecule has 30 heavy (non-hydrogen) atoms. The lowest BCUT2D eigenvalue weighted by atomic mass is 10.2. The summed E-state index contributed by atoms with van der Waals surface area (Å²) in [7, 11) is -7.51. The van der Waals surface area contributed by atoms with Crippen LogP contribution in [-0.4, -0.2) is 33.5 Å². The van der Waals surface area contributed by atoms with Crippen molar-refractivity contribution in [3.63, 3.8) is 0 Å². The summed E-state index contributed by atoms with van der Waals surface area (Å²) in [5, 5.41) is 4.81. The van der Waals surface area contributed by atoms with Crippen LogP contribution in [0, 0.1) is 0 Å². The van der Waals surface area contributed by atoms with Crippen LogP contribution in [0.3, 0.4) is 0 Å². The van der Waals surface area contributed by atoms with Crippen molar-refractivity contribution in [2.24, 2.45) is 0 Å². The van der Waals surface area contributed by atoms with Gasteiger partial charge in [0.05, 0.1) is 10.6 Å². The summed E-state index contributed by atoms with van der Waals surface area (Å²) in [5.74, 6) is -1.72. The number of aromatic nitrogens is 1. The van der Waals surface area contributed by atoms with Gasteiger partial charge in [-0.15, -0.1) is 11.3 Å². The van der Waals surface area contributed by atoms with E-state index in [-0.39, 0.29) is 21.5 Å². The molecule has 0 unspecified atom stereocenters. The topological polar surface area (TPSA) is 122 Å². The van der Waals surface area contributed by atoms with Gasteiger partial charge in [0.2, 0.25) is 5.91 Å². The first-order valence-electron chi connectivity index (χ1n) is 8.40. The molecule has 0 radical (unpaired) electrons. The summed E-state index contributed by atoms with van der Waals surface area (Å²) in [6, 6.07) is 11.7. The number of halogens is 1.